The van der Waals surface area contributed by atoms with Gasteiger partial charge >= 0.3 is 6.18 Å². The molecule has 0 atom stereocenters. The molecule has 1 aliphatic rings. The predicted octanol–water partition coefficient (Wildman–Crippen LogP) is 3.82. The highest BCUT2D eigenvalue weighted by atomic mass is 32.2. The van der Waals surface area contributed by atoms with E-state index < -0.39 is 33.3 Å². The zero-order valence-electron chi connectivity index (χ0n) is 18.0. The number of alkyl halides is 3. The Hall–Kier alpha value is -3.25. The number of piperazine rings is 1. The zero-order valence-corrected chi connectivity index (χ0v) is 18.8. The van der Waals surface area contributed by atoms with Crippen molar-refractivity contribution < 1.29 is 26.0 Å². The number of halogens is 4. The minimum atomic E-state index is -4.78. The Kier molecular flexibility index (Phi) is 6.45. The van der Waals surface area contributed by atoms with Gasteiger partial charge in [-0.2, -0.15) is 21.6 Å². The van der Waals surface area contributed by atoms with Crippen LogP contribution in [-0.4, -0.2) is 44.6 Å². The Labute approximate surface area is 193 Å². The molecule has 180 valence electrons. The Morgan fingerprint density at radius 1 is 1.00 bits per heavy atom. The lowest BCUT2D eigenvalue weighted by Crippen LogP contribution is -2.44. The van der Waals surface area contributed by atoms with E-state index in [0.29, 0.717) is 18.9 Å². The van der Waals surface area contributed by atoms with Crippen molar-refractivity contribution in [2.24, 2.45) is 0 Å². The van der Waals surface area contributed by atoms with Gasteiger partial charge in [-0.1, -0.05) is 18.2 Å². The van der Waals surface area contributed by atoms with E-state index in [9.17, 15) is 26.0 Å². The number of aromatic nitrogens is 2. The zero-order chi connectivity index (χ0) is 24.5. The molecule has 2 N–H and O–H groups in total. The number of pyridine rings is 2. The van der Waals surface area contributed by atoms with Crippen molar-refractivity contribution in [3.8, 4) is 11.3 Å². The van der Waals surface area contributed by atoms with Crippen LogP contribution in [0.25, 0.3) is 11.3 Å². The van der Waals surface area contributed by atoms with E-state index in [2.05, 4.69) is 20.0 Å². The normalized spacial score (nSPS) is 14.8. The van der Waals surface area contributed by atoms with Gasteiger partial charge in [0.2, 0.25) is 0 Å². The number of rotatable bonds is 5. The summed E-state index contributed by atoms with van der Waals surface area (Å²) >= 11 is 0. The van der Waals surface area contributed by atoms with Gasteiger partial charge in [-0.15, -0.1) is 0 Å². The molecule has 1 aromatic carbocycles. The number of sulfonamides is 1. The van der Waals surface area contributed by atoms with Crippen molar-refractivity contribution in [1.82, 2.24) is 15.3 Å². The molecule has 4 rings (SSSR count). The van der Waals surface area contributed by atoms with Crippen molar-refractivity contribution in [3.05, 3.63) is 65.5 Å². The average molecular weight is 496 g/mol. The van der Waals surface area contributed by atoms with Crippen molar-refractivity contribution in [2.75, 3.05) is 35.8 Å². The minimum absolute atomic E-state index is 0.0362. The molecule has 3 heterocycles. The molecule has 0 saturated carbocycles. The van der Waals surface area contributed by atoms with Crippen LogP contribution in [0.15, 0.2) is 53.6 Å². The SMILES string of the molecule is Cc1c(F)cccc1-c1nc(NS(=O)(=O)c2cccc(N3CCNCC3)n2)ccc1C(F)(F)F. The highest BCUT2D eigenvalue weighted by Gasteiger charge is 2.35. The van der Waals surface area contributed by atoms with E-state index in [0.717, 1.165) is 31.3 Å². The van der Waals surface area contributed by atoms with Gasteiger partial charge in [-0.05, 0) is 42.8 Å². The quantitative estimate of drug-likeness (QED) is 0.524. The van der Waals surface area contributed by atoms with Crippen molar-refractivity contribution in [1.29, 1.82) is 0 Å². The summed E-state index contributed by atoms with van der Waals surface area (Å²) in [4.78, 5) is 10.1. The first-order chi connectivity index (χ1) is 16.1. The van der Waals surface area contributed by atoms with Gasteiger partial charge in [0.25, 0.3) is 10.0 Å². The number of nitrogens with zero attached hydrogens (tertiary/aromatic N) is 3. The van der Waals surface area contributed by atoms with Crippen LogP contribution in [0.1, 0.15) is 11.1 Å². The number of nitrogens with one attached hydrogen (secondary N) is 2. The second-order valence-electron chi connectivity index (χ2n) is 7.68. The van der Waals surface area contributed by atoms with Crippen LogP contribution in [0.3, 0.4) is 0 Å². The molecule has 0 amide bonds. The van der Waals surface area contributed by atoms with Gasteiger partial charge in [0, 0.05) is 31.7 Å². The van der Waals surface area contributed by atoms with Gasteiger partial charge in [-0.3, -0.25) is 4.72 Å². The molecule has 0 radical (unpaired) electrons. The molecule has 1 aliphatic heterocycles. The van der Waals surface area contributed by atoms with Crippen LogP contribution in [0, 0.1) is 12.7 Å². The first-order valence-electron chi connectivity index (χ1n) is 10.4. The standard InChI is InChI=1S/C22H21F4N5O2S/c1-14-15(4-2-5-17(14)23)21-16(22(24,25)26)8-9-18(28-21)30-34(32,33)20-7-3-6-19(29-20)31-12-10-27-11-13-31/h2-9,27H,10-13H2,1H3,(H,28,30). The summed E-state index contributed by atoms with van der Waals surface area (Å²) in [7, 11) is -4.26. The average Bonchev–Trinajstić information content (AvgIpc) is 2.80. The maximum Gasteiger partial charge on any atom is 0.418 e. The van der Waals surface area contributed by atoms with Gasteiger partial charge in [0.1, 0.15) is 17.5 Å². The van der Waals surface area contributed by atoms with Gasteiger partial charge < -0.3 is 10.2 Å². The van der Waals surface area contributed by atoms with E-state index in [1.807, 2.05) is 4.90 Å². The Balaban J connectivity index is 1.71. The summed E-state index contributed by atoms with van der Waals surface area (Å²) in [6.45, 7) is 4.10. The van der Waals surface area contributed by atoms with Crippen molar-refractivity contribution in [2.45, 2.75) is 18.1 Å². The molecule has 0 aliphatic carbocycles. The molecule has 12 heteroatoms. The third kappa shape index (κ3) is 4.97. The Morgan fingerprint density at radius 3 is 2.41 bits per heavy atom. The number of benzene rings is 1. The summed E-state index contributed by atoms with van der Waals surface area (Å²) in [5.41, 5.74) is -1.81. The summed E-state index contributed by atoms with van der Waals surface area (Å²) in [5.74, 6) is -0.575. The lowest BCUT2D eigenvalue weighted by molar-refractivity contribution is -0.137. The second-order valence-corrected chi connectivity index (χ2v) is 9.31. The van der Waals surface area contributed by atoms with Crippen LogP contribution in [-0.2, 0) is 16.2 Å². The fraction of sp³-hybridized carbons (Fsp3) is 0.273. The molecule has 2 aromatic heterocycles. The molecular weight excluding hydrogens is 474 g/mol. The molecule has 1 saturated heterocycles. The van der Waals surface area contributed by atoms with Crippen LogP contribution in [0.2, 0.25) is 0 Å². The highest BCUT2D eigenvalue weighted by Crippen LogP contribution is 2.38. The largest absolute Gasteiger partial charge is 0.418 e. The maximum atomic E-state index is 14.0. The molecule has 7 nitrogen and oxygen atoms in total. The summed E-state index contributed by atoms with van der Waals surface area (Å²) < 4.78 is 83.0. The van der Waals surface area contributed by atoms with E-state index in [1.54, 1.807) is 12.1 Å². The third-order valence-corrected chi connectivity index (χ3v) is 6.64. The molecule has 1 fully saturated rings. The summed E-state index contributed by atoms with van der Waals surface area (Å²) in [5, 5.41) is 2.89. The molecule has 0 unspecified atom stereocenters. The van der Waals surface area contributed by atoms with E-state index in [1.165, 1.54) is 25.1 Å². The van der Waals surface area contributed by atoms with Gasteiger partial charge in [0.05, 0.1) is 11.3 Å². The lowest BCUT2D eigenvalue weighted by atomic mass is 10.0. The second kappa shape index (κ2) is 9.18. The van der Waals surface area contributed by atoms with E-state index in [4.69, 9.17) is 0 Å². The van der Waals surface area contributed by atoms with Crippen LogP contribution >= 0.6 is 0 Å². The number of anilines is 2. The van der Waals surface area contributed by atoms with Crippen molar-refractivity contribution in [3.63, 3.8) is 0 Å². The topological polar surface area (TPSA) is 87.2 Å². The number of hydrogen-bond donors (Lipinski definition) is 2. The van der Waals surface area contributed by atoms with Crippen LogP contribution in [0.5, 0.6) is 0 Å². The lowest BCUT2D eigenvalue weighted by Gasteiger charge is -2.28. The van der Waals surface area contributed by atoms with E-state index in [-0.39, 0.29) is 22.0 Å². The number of hydrogen-bond acceptors (Lipinski definition) is 6. The smallest absolute Gasteiger partial charge is 0.354 e. The van der Waals surface area contributed by atoms with Gasteiger partial charge in [0.15, 0.2) is 5.03 Å². The van der Waals surface area contributed by atoms with Crippen LogP contribution < -0.4 is 14.9 Å². The van der Waals surface area contributed by atoms with Crippen LogP contribution in [0.4, 0.5) is 29.2 Å². The summed E-state index contributed by atoms with van der Waals surface area (Å²) in [6.07, 6.45) is -4.78. The first kappa shape index (κ1) is 23.9. The van der Waals surface area contributed by atoms with Crippen molar-refractivity contribution >= 4 is 21.7 Å². The predicted molar refractivity (Wildman–Crippen MR) is 119 cm³/mol. The first-order valence-corrected chi connectivity index (χ1v) is 11.8. The highest BCUT2D eigenvalue weighted by molar-refractivity contribution is 7.92. The fourth-order valence-electron chi connectivity index (χ4n) is 3.63. The molecule has 0 spiro atoms. The molecule has 0 bridgehead atoms. The van der Waals surface area contributed by atoms with Gasteiger partial charge in [-0.25, -0.2) is 14.4 Å². The molecule has 3 aromatic rings. The Morgan fingerprint density at radius 2 is 1.71 bits per heavy atom. The van der Waals surface area contributed by atoms with E-state index >= 15 is 0 Å². The fourth-order valence-corrected chi connectivity index (χ4v) is 4.59. The molecular formula is C22H21F4N5O2S. The Bertz CT molecular complexity index is 1310. The molecule has 34 heavy (non-hydrogen) atoms. The maximum absolute atomic E-state index is 14.0. The third-order valence-electron chi connectivity index (χ3n) is 5.39. The minimum Gasteiger partial charge on any atom is -0.354 e. The summed E-state index contributed by atoms with van der Waals surface area (Å²) in [6, 6.07) is 9.83. The monoisotopic (exact) mass is 495 g/mol.